The molecule has 0 radical (unpaired) electrons. The summed E-state index contributed by atoms with van der Waals surface area (Å²) in [7, 11) is 0. The van der Waals surface area contributed by atoms with Crippen LogP contribution in [-0.2, 0) is 6.54 Å². The Labute approximate surface area is 144 Å². The number of anilines is 1. The Balaban J connectivity index is 1.47. The molecule has 4 rings (SSSR count). The largest absolute Gasteiger partial charge is 0.364 e. The molecule has 0 saturated heterocycles. The SMILES string of the molecule is Brc1cccc2ccc(NCc3ccn(C4CCCC4)n3)nc12. The molecule has 1 saturated carbocycles. The van der Waals surface area contributed by atoms with Crippen LogP contribution in [0, 0.1) is 0 Å². The highest BCUT2D eigenvalue weighted by molar-refractivity contribution is 9.10. The lowest BCUT2D eigenvalue weighted by Crippen LogP contribution is -2.07. The molecule has 0 amide bonds. The van der Waals surface area contributed by atoms with Crippen molar-refractivity contribution in [3.05, 3.63) is 52.8 Å². The van der Waals surface area contributed by atoms with Gasteiger partial charge in [-0.15, -0.1) is 0 Å². The maximum Gasteiger partial charge on any atom is 0.127 e. The van der Waals surface area contributed by atoms with Crippen LogP contribution in [0.25, 0.3) is 10.9 Å². The van der Waals surface area contributed by atoms with Gasteiger partial charge >= 0.3 is 0 Å². The van der Waals surface area contributed by atoms with Gasteiger partial charge in [-0.1, -0.05) is 25.0 Å². The molecule has 5 heteroatoms. The molecule has 3 aromatic rings. The Morgan fingerprint density at radius 1 is 1.13 bits per heavy atom. The van der Waals surface area contributed by atoms with E-state index in [0.717, 1.165) is 26.9 Å². The lowest BCUT2D eigenvalue weighted by molar-refractivity contribution is 0.463. The molecule has 2 heterocycles. The molecular formula is C18H19BrN4. The highest BCUT2D eigenvalue weighted by Gasteiger charge is 2.17. The molecule has 1 fully saturated rings. The van der Waals surface area contributed by atoms with Crippen LogP contribution in [0.15, 0.2) is 47.1 Å². The van der Waals surface area contributed by atoms with E-state index in [1.165, 1.54) is 25.7 Å². The number of benzene rings is 1. The van der Waals surface area contributed by atoms with E-state index in [1.807, 2.05) is 18.2 Å². The zero-order valence-corrected chi connectivity index (χ0v) is 14.5. The van der Waals surface area contributed by atoms with Crippen molar-refractivity contribution in [2.24, 2.45) is 0 Å². The summed E-state index contributed by atoms with van der Waals surface area (Å²) in [5.41, 5.74) is 2.04. The first-order chi connectivity index (χ1) is 11.3. The number of hydrogen-bond donors (Lipinski definition) is 1. The summed E-state index contributed by atoms with van der Waals surface area (Å²) in [6.07, 6.45) is 7.28. The molecule has 0 spiro atoms. The molecule has 23 heavy (non-hydrogen) atoms. The fourth-order valence-electron chi connectivity index (χ4n) is 3.23. The molecule has 2 aromatic heterocycles. The van der Waals surface area contributed by atoms with Crippen molar-refractivity contribution < 1.29 is 0 Å². The summed E-state index contributed by atoms with van der Waals surface area (Å²) in [5.74, 6) is 0.875. The molecule has 0 unspecified atom stereocenters. The summed E-state index contributed by atoms with van der Waals surface area (Å²) >= 11 is 3.56. The number of pyridine rings is 1. The van der Waals surface area contributed by atoms with Gasteiger partial charge in [0.25, 0.3) is 0 Å². The summed E-state index contributed by atoms with van der Waals surface area (Å²) < 4.78 is 3.15. The van der Waals surface area contributed by atoms with Crippen LogP contribution in [0.4, 0.5) is 5.82 Å². The van der Waals surface area contributed by atoms with Gasteiger partial charge in [-0.2, -0.15) is 5.10 Å². The second-order valence-corrected chi connectivity index (χ2v) is 6.94. The standard InChI is InChI=1S/C18H19BrN4/c19-16-7-3-4-13-8-9-17(21-18(13)16)20-12-14-10-11-23(22-14)15-5-1-2-6-15/h3-4,7-11,15H,1-2,5-6,12H2,(H,20,21). The van der Waals surface area contributed by atoms with Gasteiger partial charge in [0.05, 0.1) is 23.8 Å². The quantitative estimate of drug-likeness (QED) is 0.708. The highest BCUT2D eigenvalue weighted by atomic mass is 79.9. The van der Waals surface area contributed by atoms with Crippen molar-refractivity contribution in [3.8, 4) is 0 Å². The second kappa shape index (κ2) is 6.32. The zero-order valence-electron chi connectivity index (χ0n) is 12.9. The van der Waals surface area contributed by atoms with E-state index >= 15 is 0 Å². The first kappa shape index (κ1) is 14.7. The highest BCUT2D eigenvalue weighted by Crippen LogP contribution is 2.28. The van der Waals surface area contributed by atoms with Gasteiger partial charge in [0.15, 0.2) is 0 Å². The van der Waals surface area contributed by atoms with Crippen LogP contribution in [-0.4, -0.2) is 14.8 Å². The topological polar surface area (TPSA) is 42.7 Å². The molecule has 0 atom stereocenters. The number of aromatic nitrogens is 3. The van der Waals surface area contributed by atoms with Gasteiger partial charge in [0, 0.05) is 16.1 Å². The maximum absolute atomic E-state index is 4.70. The molecule has 1 N–H and O–H groups in total. The van der Waals surface area contributed by atoms with Crippen molar-refractivity contribution in [1.29, 1.82) is 0 Å². The first-order valence-corrected chi connectivity index (χ1v) is 8.92. The molecule has 0 bridgehead atoms. The molecule has 4 nitrogen and oxygen atoms in total. The molecular weight excluding hydrogens is 352 g/mol. The van der Waals surface area contributed by atoms with Gasteiger partial charge in [-0.05, 0) is 53.0 Å². The van der Waals surface area contributed by atoms with E-state index in [0.29, 0.717) is 12.6 Å². The summed E-state index contributed by atoms with van der Waals surface area (Å²) in [4.78, 5) is 4.68. The Hall–Kier alpha value is -1.88. The van der Waals surface area contributed by atoms with Gasteiger partial charge in [-0.3, -0.25) is 4.68 Å². The summed E-state index contributed by atoms with van der Waals surface area (Å²) in [6, 6.07) is 12.9. The summed E-state index contributed by atoms with van der Waals surface area (Å²) in [6.45, 7) is 0.697. The predicted molar refractivity (Wildman–Crippen MR) is 96.5 cm³/mol. The average molecular weight is 371 g/mol. The fraction of sp³-hybridized carbons (Fsp3) is 0.333. The van der Waals surface area contributed by atoms with Gasteiger partial charge in [0.1, 0.15) is 5.82 Å². The molecule has 0 aliphatic heterocycles. The van der Waals surface area contributed by atoms with Gasteiger partial charge in [0.2, 0.25) is 0 Å². The number of fused-ring (bicyclic) bond motifs is 1. The Bertz CT molecular complexity index is 821. The fourth-order valence-corrected chi connectivity index (χ4v) is 3.70. The monoisotopic (exact) mass is 370 g/mol. The first-order valence-electron chi connectivity index (χ1n) is 8.13. The number of halogens is 1. The summed E-state index contributed by atoms with van der Waals surface area (Å²) in [5, 5.41) is 9.22. The van der Waals surface area contributed by atoms with Crippen LogP contribution < -0.4 is 5.32 Å². The van der Waals surface area contributed by atoms with Crippen LogP contribution in [0.1, 0.15) is 37.4 Å². The average Bonchev–Trinajstić information content (AvgIpc) is 3.25. The third-order valence-corrected chi connectivity index (χ3v) is 5.12. The molecule has 1 aromatic carbocycles. The van der Waals surface area contributed by atoms with Crippen LogP contribution in [0.3, 0.4) is 0 Å². The normalized spacial score (nSPS) is 15.3. The zero-order chi connectivity index (χ0) is 15.6. The maximum atomic E-state index is 4.70. The van der Waals surface area contributed by atoms with Crippen LogP contribution in [0.2, 0.25) is 0 Å². The van der Waals surface area contributed by atoms with E-state index in [1.54, 1.807) is 0 Å². The van der Waals surface area contributed by atoms with Crippen molar-refractivity contribution in [2.45, 2.75) is 38.3 Å². The minimum Gasteiger partial charge on any atom is -0.364 e. The van der Waals surface area contributed by atoms with E-state index in [4.69, 9.17) is 5.10 Å². The smallest absolute Gasteiger partial charge is 0.127 e. The Morgan fingerprint density at radius 3 is 2.87 bits per heavy atom. The number of rotatable bonds is 4. The van der Waals surface area contributed by atoms with Gasteiger partial charge < -0.3 is 5.32 Å². The lowest BCUT2D eigenvalue weighted by atomic mass is 10.2. The molecule has 118 valence electrons. The third-order valence-electron chi connectivity index (χ3n) is 4.48. The number of hydrogen-bond acceptors (Lipinski definition) is 3. The minimum atomic E-state index is 0.596. The Morgan fingerprint density at radius 2 is 2.00 bits per heavy atom. The number of nitrogens with one attached hydrogen (secondary N) is 1. The van der Waals surface area contributed by atoms with Crippen LogP contribution >= 0.6 is 15.9 Å². The third kappa shape index (κ3) is 3.11. The van der Waals surface area contributed by atoms with Crippen molar-refractivity contribution in [3.63, 3.8) is 0 Å². The predicted octanol–water partition coefficient (Wildman–Crippen LogP) is 4.92. The van der Waals surface area contributed by atoms with Gasteiger partial charge in [-0.25, -0.2) is 4.98 Å². The van der Waals surface area contributed by atoms with Crippen molar-refractivity contribution in [2.75, 3.05) is 5.32 Å². The van der Waals surface area contributed by atoms with E-state index < -0.39 is 0 Å². The molecule has 1 aliphatic carbocycles. The van der Waals surface area contributed by atoms with E-state index in [2.05, 4.69) is 55.3 Å². The minimum absolute atomic E-state index is 0.596. The Kier molecular flexibility index (Phi) is 4.04. The van der Waals surface area contributed by atoms with Crippen LogP contribution in [0.5, 0.6) is 0 Å². The second-order valence-electron chi connectivity index (χ2n) is 6.09. The van der Waals surface area contributed by atoms with E-state index in [-0.39, 0.29) is 0 Å². The number of para-hydroxylation sites is 1. The van der Waals surface area contributed by atoms with Crippen molar-refractivity contribution in [1.82, 2.24) is 14.8 Å². The molecule has 1 aliphatic rings. The van der Waals surface area contributed by atoms with Crippen molar-refractivity contribution >= 4 is 32.7 Å². The lowest BCUT2D eigenvalue weighted by Gasteiger charge is -2.09. The van der Waals surface area contributed by atoms with E-state index in [9.17, 15) is 0 Å². The number of nitrogens with zero attached hydrogens (tertiary/aromatic N) is 3.